The molecule has 0 bridgehead atoms. The van der Waals surface area contributed by atoms with Gasteiger partial charge in [0.1, 0.15) is 5.69 Å². The summed E-state index contributed by atoms with van der Waals surface area (Å²) in [6.07, 6.45) is 5.43. The fourth-order valence-corrected chi connectivity index (χ4v) is 2.06. The predicted molar refractivity (Wildman–Crippen MR) is 49.9 cm³/mol. The number of rotatable bonds is 2. The molecule has 1 heterocycles. The fourth-order valence-electron chi connectivity index (χ4n) is 2.06. The highest BCUT2D eigenvalue weighted by molar-refractivity contribution is 5.74. The molecule has 0 aromatic carbocycles. The number of hydrogen-bond acceptors (Lipinski definition) is 2. The minimum absolute atomic E-state index is 0.663. The summed E-state index contributed by atoms with van der Waals surface area (Å²) in [5, 5.41) is 4.28. The lowest BCUT2D eigenvalue weighted by Gasteiger charge is -2.12. The molecule has 1 aromatic rings. The average molecular weight is 178 g/mol. The molecule has 0 amide bonds. The Labute approximate surface area is 77.7 Å². The highest BCUT2D eigenvalue weighted by Gasteiger charge is 2.19. The second kappa shape index (κ2) is 3.32. The van der Waals surface area contributed by atoms with Crippen LogP contribution in [0, 0.1) is 0 Å². The first-order valence-electron chi connectivity index (χ1n) is 4.90. The number of aryl methyl sites for hydroxylation is 1. The maximum Gasteiger partial charge on any atom is 0.170 e. The van der Waals surface area contributed by atoms with Gasteiger partial charge >= 0.3 is 0 Å². The molecular formula is C10H14N2O. The summed E-state index contributed by atoms with van der Waals surface area (Å²) in [5.74, 6) is 0. The Morgan fingerprint density at radius 3 is 2.92 bits per heavy atom. The van der Waals surface area contributed by atoms with E-state index in [9.17, 15) is 4.79 Å². The van der Waals surface area contributed by atoms with Crippen molar-refractivity contribution in [2.24, 2.45) is 0 Å². The van der Waals surface area contributed by atoms with Gasteiger partial charge in [-0.3, -0.25) is 9.48 Å². The lowest BCUT2D eigenvalue weighted by molar-refractivity contribution is 0.111. The summed E-state index contributed by atoms with van der Waals surface area (Å²) in [6.45, 7) is 2.94. The van der Waals surface area contributed by atoms with Crippen molar-refractivity contribution in [3.8, 4) is 0 Å². The molecule has 0 unspecified atom stereocenters. The van der Waals surface area contributed by atoms with Crippen molar-refractivity contribution in [1.82, 2.24) is 9.78 Å². The van der Waals surface area contributed by atoms with E-state index < -0.39 is 0 Å². The Kier molecular flexibility index (Phi) is 2.17. The van der Waals surface area contributed by atoms with Crippen LogP contribution in [0.3, 0.4) is 0 Å². The lowest BCUT2D eigenvalue weighted by Crippen LogP contribution is -2.07. The molecule has 0 radical (unpaired) electrons. The van der Waals surface area contributed by atoms with E-state index in [4.69, 9.17) is 0 Å². The Balaban J connectivity index is 2.50. The molecule has 0 fully saturated rings. The van der Waals surface area contributed by atoms with Crippen molar-refractivity contribution in [1.29, 1.82) is 0 Å². The molecule has 3 heteroatoms. The molecule has 0 saturated carbocycles. The summed E-state index contributed by atoms with van der Waals surface area (Å²) in [6, 6.07) is 0. The number of aromatic nitrogens is 2. The summed E-state index contributed by atoms with van der Waals surface area (Å²) in [7, 11) is 0. The van der Waals surface area contributed by atoms with E-state index in [1.807, 2.05) is 4.68 Å². The average Bonchev–Trinajstić information content (AvgIpc) is 2.56. The van der Waals surface area contributed by atoms with E-state index >= 15 is 0 Å². The second-order valence-corrected chi connectivity index (χ2v) is 3.45. The second-order valence-electron chi connectivity index (χ2n) is 3.45. The first-order valence-corrected chi connectivity index (χ1v) is 4.90. The van der Waals surface area contributed by atoms with Gasteiger partial charge < -0.3 is 0 Å². The first kappa shape index (κ1) is 8.48. The van der Waals surface area contributed by atoms with Gasteiger partial charge in [0.15, 0.2) is 6.29 Å². The number of aldehydes is 1. The zero-order valence-electron chi connectivity index (χ0n) is 7.92. The van der Waals surface area contributed by atoms with Crippen molar-refractivity contribution >= 4 is 6.29 Å². The summed E-state index contributed by atoms with van der Waals surface area (Å²) < 4.78 is 1.97. The van der Waals surface area contributed by atoms with Gasteiger partial charge in [0.2, 0.25) is 0 Å². The van der Waals surface area contributed by atoms with Crippen molar-refractivity contribution in [2.75, 3.05) is 0 Å². The van der Waals surface area contributed by atoms with Crippen molar-refractivity contribution in [2.45, 2.75) is 39.2 Å². The molecule has 1 aliphatic carbocycles. The Morgan fingerprint density at radius 1 is 1.46 bits per heavy atom. The molecule has 0 atom stereocenters. The highest BCUT2D eigenvalue weighted by atomic mass is 16.1. The zero-order chi connectivity index (χ0) is 9.26. The predicted octanol–water partition coefficient (Wildman–Crippen LogP) is 1.59. The molecule has 0 saturated heterocycles. The van der Waals surface area contributed by atoms with Gasteiger partial charge in [-0.15, -0.1) is 0 Å². The smallest absolute Gasteiger partial charge is 0.170 e. The van der Waals surface area contributed by atoms with Gasteiger partial charge in [0.05, 0.1) is 0 Å². The van der Waals surface area contributed by atoms with Gasteiger partial charge in [-0.1, -0.05) is 0 Å². The Morgan fingerprint density at radius 2 is 2.23 bits per heavy atom. The minimum Gasteiger partial charge on any atom is -0.296 e. The van der Waals surface area contributed by atoms with Crippen LogP contribution in [0.25, 0.3) is 0 Å². The monoisotopic (exact) mass is 178 g/mol. The van der Waals surface area contributed by atoms with Crippen LogP contribution in [0.15, 0.2) is 0 Å². The molecule has 1 aliphatic rings. The van der Waals surface area contributed by atoms with Gasteiger partial charge in [-0.05, 0) is 32.6 Å². The number of nitrogens with zero attached hydrogens (tertiary/aromatic N) is 2. The number of carbonyl (C=O) groups is 1. The van der Waals surface area contributed by atoms with E-state index in [0.29, 0.717) is 5.69 Å². The van der Waals surface area contributed by atoms with E-state index in [0.717, 1.165) is 25.7 Å². The molecule has 1 aromatic heterocycles. The maximum absolute atomic E-state index is 10.7. The van der Waals surface area contributed by atoms with Gasteiger partial charge in [0.25, 0.3) is 0 Å². The maximum atomic E-state index is 10.7. The lowest BCUT2D eigenvalue weighted by atomic mass is 9.96. The zero-order valence-corrected chi connectivity index (χ0v) is 7.92. The van der Waals surface area contributed by atoms with Crippen molar-refractivity contribution in [3.05, 3.63) is 17.0 Å². The molecule has 0 spiro atoms. The van der Waals surface area contributed by atoms with Crippen LogP contribution >= 0.6 is 0 Å². The van der Waals surface area contributed by atoms with Crippen LogP contribution in [0.5, 0.6) is 0 Å². The quantitative estimate of drug-likeness (QED) is 0.645. The molecule has 2 rings (SSSR count). The van der Waals surface area contributed by atoms with Gasteiger partial charge in [0, 0.05) is 17.8 Å². The summed E-state index contributed by atoms with van der Waals surface area (Å²) in [4.78, 5) is 10.7. The number of fused-ring (bicyclic) bond motifs is 1. The van der Waals surface area contributed by atoms with Crippen molar-refractivity contribution in [3.63, 3.8) is 0 Å². The molecular weight excluding hydrogens is 164 g/mol. The molecule has 13 heavy (non-hydrogen) atoms. The minimum atomic E-state index is 0.663. The molecule has 0 aliphatic heterocycles. The third kappa shape index (κ3) is 1.28. The number of hydrogen-bond donors (Lipinski definition) is 0. The van der Waals surface area contributed by atoms with Crippen LogP contribution in [0.2, 0.25) is 0 Å². The van der Waals surface area contributed by atoms with Crippen LogP contribution in [0.1, 0.15) is 41.5 Å². The Bertz CT molecular complexity index is 328. The topological polar surface area (TPSA) is 34.9 Å². The standard InChI is InChI=1S/C10H14N2O/c1-2-12-10-6-4-3-5-8(10)9(7-13)11-12/h7H,2-6H2,1H3. The summed E-state index contributed by atoms with van der Waals surface area (Å²) >= 11 is 0. The number of carbonyl (C=O) groups excluding carboxylic acids is 1. The van der Waals surface area contributed by atoms with Gasteiger partial charge in [-0.2, -0.15) is 5.10 Å². The SMILES string of the molecule is CCn1nc(C=O)c2c1CCCC2. The third-order valence-corrected chi connectivity index (χ3v) is 2.70. The van der Waals surface area contributed by atoms with Crippen LogP contribution in [-0.2, 0) is 19.4 Å². The normalized spacial score (nSPS) is 15.5. The third-order valence-electron chi connectivity index (χ3n) is 2.70. The van der Waals surface area contributed by atoms with E-state index in [1.165, 1.54) is 24.1 Å². The van der Waals surface area contributed by atoms with E-state index in [-0.39, 0.29) is 0 Å². The fraction of sp³-hybridized carbons (Fsp3) is 0.600. The van der Waals surface area contributed by atoms with E-state index in [1.54, 1.807) is 0 Å². The highest BCUT2D eigenvalue weighted by Crippen LogP contribution is 2.23. The molecule has 70 valence electrons. The molecule has 0 N–H and O–H groups in total. The van der Waals surface area contributed by atoms with Crippen molar-refractivity contribution < 1.29 is 4.79 Å². The van der Waals surface area contributed by atoms with Gasteiger partial charge in [-0.25, -0.2) is 0 Å². The Hall–Kier alpha value is -1.12. The largest absolute Gasteiger partial charge is 0.296 e. The van der Waals surface area contributed by atoms with Crippen LogP contribution in [-0.4, -0.2) is 16.1 Å². The van der Waals surface area contributed by atoms with Crippen LogP contribution in [0.4, 0.5) is 0 Å². The molecule has 3 nitrogen and oxygen atoms in total. The van der Waals surface area contributed by atoms with Crippen LogP contribution < -0.4 is 0 Å². The summed E-state index contributed by atoms with van der Waals surface area (Å²) in [5.41, 5.74) is 3.15. The first-order chi connectivity index (χ1) is 6.36. The van der Waals surface area contributed by atoms with E-state index in [2.05, 4.69) is 12.0 Å².